The molecule has 0 aliphatic carbocycles. The van der Waals surface area contributed by atoms with Crippen molar-refractivity contribution in [3.63, 3.8) is 0 Å². The first-order valence-corrected chi connectivity index (χ1v) is 9.42. The number of hydrogen-bond donors (Lipinski definition) is 2. The number of halogens is 2. The van der Waals surface area contributed by atoms with Gasteiger partial charge in [0.15, 0.2) is 0 Å². The van der Waals surface area contributed by atoms with Gasteiger partial charge in [-0.3, -0.25) is 24.1 Å². The van der Waals surface area contributed by atoms with Crippen LogP contribution in [0, 0.1) is 11.6 Å². The number of anilines is 2. The number of carbonyl (C=O) groups is 4. The summed E-state index contributed by atoms with van der Waals surface area (Å²) in [5.41, 5.74) is 0.938. The highest BCUT2D eigenvalue weighted by Gasteiger charge is 2.36. The molecule has 0 saturated carbocycles. The first-order valence-electron chi connectivity index (χ1n) is 8.61. The quantitative estimate of drug-likeness (QED) is 0.706. The largest absolute Gasteiger partial charge is 0.326 e. The van der Waals surface area contributed by atoms with E-state index < -0.39 is 35.2 Å². The van der Waals surface area contributed by atoms with Crippen LogP contribution in [0.1, 0.15) is 12.5 Å². The predicted molar refractivity (Wildman–Crippen MR) is 108 cm³/mol. The maximum Gasteiger partial charge on any atom is 0.294 e. The number of benzene rings is 2. The van der Waals surface area contributed by atoms with E-state index in [1.54, 1.807) is 24.3 Å². The summed E-state index contributed by atoms with van der Waals surface area (Å²) in [6.07, 6.45) is 1.49. The number of rotatable bonds is 5. The van der Waals surface area contributed by atoms with Crippen LogP contribution >= 0.6 is 11.8 Å². The van der Waals surface area contributed by atoms with E-state index in [4.69, 9.17) is 0 Å². The second kappa shape index (κ2) is 8.87. The van der Waals surface area contributed by atoms with Crippen molar-refractivity contribution in [1.29, 1.82) is 0 Å². The van der Waals surface area contributed by atoms with Crippen molar-refractivity contribution in [3.05, 3.63) is 64.6 Å². The molecule has 2 aromatic carbocycles. The van der Waals surface area contributed by atoms with E-state index in [9.17, 15) is 28.0 Å². The fourth-order valence-corrected chi connectivity index (χ4v) is 3.42. The normalized spacial score (nSPS) is 14.9. The third-order valence-corrected chi connectivity index (χ3v) is 4.82. The van der Waals surface area contributed by atoms with E-state index in [0.29, 0.717) is 29.1 Å². The van der Waals surface area contributed by atoms with Crippen molar-refractivity contribution in [3.8, 4) is 0 Å². The first-order chi connectivity index (χ1) is 14.2. The van der Waals surface area contributed by atoms with Gasteiger partial charge in [0, 0.05) is 18.7 Å². The van der Waals surface area contributed by atoms with Crippen LogP contribution in [-0.2, 0) is 14.4 Å². The van der Waals surface area contributed by atoms with E-state index in [-0.39, 0.29) is 16.5 Å². The van der Waals surface area contributed by atoms with Crippen LogP contribution in [0.25, 0.3) is 6.08 Å². The van der Waals surface area contributed by atoms with Crippen LogP contribution in [0.3, 0.4) is 0 Å². The summed E-state index contributed by atoms with van der Waals surface area (Å²) in [5.74, 6) is -3.45. The van der Waals surface area contributed by atoms with Crippen molar-refractivity contribution in [2.24, 2.45) is 0 Å². The SMILES string of the molecule is CC(=O)Nc1ccc(/C=C2\SC(=O)N(CC(=O)Nc3ccc(F)cc3F)C2=O)cc1. The Balaban J connectivity index is 1.67. The predicted octanol–water partition coefficient (Wildman–Crippen LogP) is 3.60. The average molecular weight is 431 g/mol. The molecule has 0 aromatic heterocycles. The van der Waals surface area contributed by atoms with E-state index in [0.717, 1.165) is 17.0 Å². The monoisotopic (exact) mass is 431 g/mol. The Morgan fingerprint density at radius 1 is 1.07 bits per heavy atom. The molecular weight excluding hydrogens is 416 g/mol. The summed E-state index contributed by atoms with van der Waals surface area (Å²) in [6.45, 7) is 0.769. The molecular formula is C20H15F2N3O4S. The summed E-state index contributed by atoms with van der Waals surface area (Å²) < 4.78 is 26.6. The zero-order valence-electron chi connectivity index (χ0n) is 15.6. The maximum absolute atomic E-state index is 13.6. The second-order valence-corrected chi connectivity index (χ2v) is 7.24. The number of thioether (sulfide) groups is 1. The molecule has 1 fully saturated rings. The van der Waals surface area contributed by atoms with Gasteiger partial charge in [-0.25, -0.2) is 8.78 Å². The van der Waals surface area contributed by atoms with Crippen molar-refractivity contribution in [2.45, 2.75) is 6.92 Å². The standard InChI is InChI=1S/C20H15F2N3O4S/c1-11(26)23-14-5-2-12(3-6-14)8-17-19(28)25(20(29)30-17)10-18(27)24-16-7-4-13(21)9-15(16)22/h2-9H,10H2,1H3,(H,23,26)(H,24,27)/b17-8-. The third kappa shape index (κ3) is 5.09. The lowest BCUT2D eigenvalue weighted by molar-refractivity contribution is -0.127. The van der Waals surface area contributed by atoms with Gasteiger partial charge < -0.3 is 10.6 Å². The Morgan fingerprint density at radius 2 is 1.77 bits per heavy atom. The second-order valence-electron chi connectivity index (χ2n) is 6.24. The molecule has 1 aliphatic rings. The lowest BCUT2D eigenvalue weighted by Gasteiger charge is -2.12. The lowest BCUT2D eigenvalue weighted by Crippen LogP contribution is -2.36. The highest BCUT2D eigenvalue weighted by molar-refractivity contribution is 8.18. The Kier molecular flexibility index (Phi) is 6.26. The van der Waals surface area contributed by atoms with Gasteiger partial charge >= 0.3 is 0 Å². The minimum atomic E-state index is -0.972. The Bertz CT molecular complexity index is 1070. The Morgan fingerprint density at radius 3 is 2.40 bits per heavy atom. The smallest absolute Gasteiger partial charge is 0.294 e. The average Bonchev–Trinajstić information content (AvgIpc) is 2.92. The molecule has 30 heavy (non-hydrogen) atoms. The van der Waals surface area contributed by atoms with Crippen molar-refractivity contribution < 1.29 is 28.0 Å². The van der Waals surface area contributed by atoms with Gasteiger partial charge in [0.05, 0.1) is 10.6 Å². The zero-order valence-corrected chi connectivity index (χ0v) is 16.4. The van der Waals surface area contributed by atoms with E-state index in [2.05, 4.69) is 10.6 Å². The van der Waals surface area contributed by atoms with Crippen LogP contribution in [0.4, 0.5) is 25.0 Å². The lowest BCUT2D eigenvalue weighted by atomic mass is 10.2. The molecule has 3 rings (SSSR count). The van der Waals surface area contributed by atoms with Gasteiger partial charge in [-0.05, 0) is 47.7 Å². The third-order valence-electron chi connectivity index (χ3n) is 3.91. The van der Waals surface area contributed by atoms with Crippen molar-refractivity contribution >= 4 is 52.2 Å². The van der Waals surface area contributed by atoms with Crippen LogP contribution in [0.15, 0.2) is 47.4 Å². The van der Waals surface area contributed by atoms with Crippen LogP contribution in [0.5, 0.6) is 0 Å². The van der Waals surface area contributed by atoms with E-state index in [1.165, 1.54) is 13.0 Å². The van der Waals surface area contributed by atoms with Crippen molar-refractivity contribution in [2.75, 3.05) is 17.2 Å². The van der Waals surface area contributed by atoms with Gasteiger partial charge in [0.1, 0.15) is 18.2 Å². The molecule has 2 aromatic rings. The molecule has 0 spiro atoms. The highest BCUT2D eigenvalue weighted by Crippen LogP contribution is 2.32. The number of carbonyl (C=O) groups excluding carboxylic acids is 4. The molecule has 154 valence electrons. The molecule has 0 unspecified atom stereocenters. The maximum atomic E-state index is 13.6. The van der Waals surface area contributed by atoms with Crippen LogP contribution < -0.4 is 10.6 Å². The molecule has 2 N–H and O–H groups in total. The Hall–Kier alpha value is -3.53. The molecule has 0 atom stereocenters. The van der Waals surface area contributed by atoms with Crippen molar-refractivity contribution in [1.82, 2.24) is 4.90 Å². The summed E-state index contributed by atoms with van der Waals surface area (Å²) >= 11 is 0.670. The summed E-state index contributed by atoms with van der Waals surface area (Å²) in [6, 6.07) is 9.21. The van der Waals surface area contributed by atoms with Gasteiger partial charge in [0.2, 0.25) is 11.8 Å². The number of nitrogens with zero attached hydrogens (tertiary/aromatic N) is 1. The fraction of sp³-hybridized carbons (Fsp3) is 0.100. The number of nitrogens with one attached hydrogen (secondary N) is 2. The number of imide groups is 1. The first kappa shape index (κ1) is 21.2. The summed E-state index contributed by atoms with van der Waals surface area (Å²) in [5, 5.41) is 4.17. The number of hydrogen-bond acceptors (Lipinski definition) is 5. The minimum absolute atomic E-state index is 0.119. The molecule has 4 amide bonds. The van der Waals surface area contributed by atoms with E-state index in [1.807, 2.05) is 0 Å². The van der Waals surface area contributed by atoms with Gasteiger partial charge in [0.25, 0.3) is 11.1 Å². The van der Waals surface area contributed by atoms with Crippen LogP contribution in [0.2, 0.25) is 0 Å². The molecule has 0 bridgehead atoms. The number of amides is 4. The van der Waals surface area contributed by atoms with Crippen LogP contribution in [-0.4, -0.2) is 34.4 Å². The molecule has 1 heterocycles. The minimum Gasteiger partial charge on any atom is -0.326 e. The molecule has 1 saturated heterocycles. The molecule has 7 nitrogen and oxygen atoms in total. The topological polar surface area (TPSA) is 95.6 Å². The van der Waals surface area contributed by atoms with E-state index >= 15 is 0 Å². The van der Waals surface area contributed by atoms with Gasteiger partial charge in [-0.15, -0.1) is 0 Å². The fourth-order valence-electron chi connectivity index (χ4n) is 2.58. The molecule has 0 radical (unpaired) electrons. The molecule has 10 heteroatoms. The highest BCUT2D eigenvalue weighted by atomic mass is 32.2. The van der Waals surface area contributed by atoms with Gasteiger partial charge in [-0.2, -0.15) is 0 Å². The zero-order chi connectivity index (χ0) is 21.8. The van der Waals surface area contributed by atoms with Gasteiger partial charge in [-0.1, -0.05) is 12.1 Å². The Labute approximate surface area is 174 Å². The summed E-state index contributed by atoms with van der Waals surface area (Å²) in [4.78, 5) is 48.6. The summed E-state index contributed by atoms with van der Waals surface area (Å²) in [7, 11) is 0. The molecule has 1 aliphatic heterocycles.